The zero-order valence-electron chi connectivity index (χ0n) is 7.93. The minimum atomic E-state index is -3.42. The minimum absolute atomic E-state index is 0.0347. The topological polar surface area (TPSA) is 74.6 Å². The Kier molecular flexibility index (Phi) is 2.82. The van der Waals surface area contributed by atoms with Gasteiger partial charge in [-0.1, -0.05) is 6.07 Å². The Labute approximate surface area is 82.7 Å². The van der Waals surface area contributed by atoms with Crippen LogP contribution in [0.3, 0.4) is 0 Å². The van der Waals surface area contributed by atoms with Crippen LogP contribution in [0.15, 0.2) is 23.1 Å². The third-order valence-electron chi connectivity index (χ3n) is 1.86. The van der Waals surface area contributed by atoms with Crippen molar-refractivity contribution in [1.29, 1.82) is 0 Å². The molecule has 0 fully saturated rings. The average Bonchev–Trinajstić information content (AvgIpc) is 2.01. The van der Waals surface area contributed by atoms with Crippen LogP contribution in [-0.2, 0) is 9.84 Å². The van der Waals surface area contributed by atoms with E-state index in [-0.39, 0.29) is 16.2 Å². The van der Waals surface area contributed by atoms with Gasteiger partial charge in [0.25, 0.3) is 0 Å². The van der Waals surface area contributed by atoms with Crippen molar-refractivity contribution in [2.75, 3.05) is 6.26 Å². The van der Waals surface area contributed by atoms with Crippen LogP contribution in [0, 0.1) is 0 Å². The molecule has 0 spiro atoms. The van der Waals surface area contributed by atoms with Gasteiger partial charge in [0.15, 0.2) is 9.84 Å². The summed E-state index contributed by atoms with van der Waals surface area (Å²) in [5, 5.41) is 18.7. The highest BCUT2D eigenvalue weighted by Crippen LogP contribution is 2.30. The van der Waals surface area contributed by atoms with Gasteiger partial charge in [0.1, 0.15) is 5.75 Å². The van der Waals surface area contributed by atoms with Gasteiger partial charge in [-0.15, -0.1) is 0 Å². The largest absolute Gasteiger partial charge is 0.508 e. The normalized spacial score (nSPS) is 13.9. The zero-order valence-corrected chi connectivity index (χ0v) is 8.75. The predicted molar refractivity (Wildman–Crippen MR) is 51.9 cm³/mol. The molecule has 0 aliphatic carbocycles. The summed E-state index contributed by atoms with van der Waals surface area (Å²) in [5.74, 6) is -0.206. The predicted octanol–water partition coefficient (Wildman–Crippen LogP) is 0.849. The summed E-state index contributed by atoms with van der Waals surface area (Å²) in [6.07, 6.45) is 0.0223. The molecule has 0 aromatic heterocycles. The number of aromatic hydroxyl groups is 1. The number of phenolic OH excluding ortho intramolecular Hbond substituents is 1. The molecule has 1 aromatic carbocycles. The van der Waals surface area contributed by atoms with Crippen LogP contribution in [0.25, 0.3) is 0 Å². The molecule has 0 saturated heterocycles. The molecule has 78 valence electrons. The lowest BCUT2D eigenvalue weighted by molar-refractivity contribution is 0.191. The number of rotatable bonds is 2. The van der Waals surface area contributed by atoms with Gasteiger partial charge in [0.2, 0.25) is 0 Å². The van der Waals surface area contributed by atoms with Crippen molar-refractivity contribution >= 4 is 9.84 Å². The summed E-state index contributed by atoms with van der Waals surface area (Å²) in [5.41, 5.74) is 0.0509. The van der Waals surface area contributed by atoms with Crippen molar-refractivity contribution in [3.8, 4) is 5.75 Å². The van der Waals surface area contributed by atoms with Gasteiger partial charge in [-0.05, 0) is 19.1 Å². The molecule has 0 amide bonds. The van der Waals surface area contributed by atoms with Crippen LogP contribution in [0.1, 0.15) is 18.6 Å². The van der Waals surface area contributed by atoms with Gasteiger partial charge in [-0.3, -0.25) is 0 Å². The molecule has 0 radical (unpaired) electrons. The molecule has 0 bridgehead atoms. The number of benzene rings is 1. The summed E-state index contributed by atoms with van der Waals surface area (Å²) < 4.78 is 22.6. The molecule has 2 N–H and O–H groups in total. The van der Waals surface area contributed by atoms with Crippen LogP contribution in [0.2, 0.25) is 0 Å². The Bertz CT molecular complexity index is 434. The first-order valence-electron chi connectivity index (χ1n) is 4.04. The van der Waals surface area contributed by atoms with E-state index in [0.717, 1.165) is 6.26 Å². The van der Waals surface area contributed by atoms with Crippen LogP contribution >= 0.6 is 0 Å². The van der Waals surface area contributed by atoms with Crippen molar-refractivity contribution < 1.29 is 18.6 Å². The number of hydrogen-bond donors (Lipinski definition) is 2. The summed E-state index contributed by atoms with van der Waals surface area (Å²) in [6.45, 7) is 1.41. The number of aliphatic hydroxyl groups excluding tert-OH is 1. The molecule has 1 unspecified atom stereocenters. The van der Waals surface area contributed by atoms with E-state index in [1.165, 1.54) is 25.1 Å². The van der Waals surface area contributed by atoms with Gasteiger partial charge in [0.05, 0.1) is 11.0 Å². The molecule has 1 aromatic rings. The van der Waals surface area contributed by atoms with Crippen molar-refractivity contribution in [3.05, 3.63) is 23.8 Å². The lowest BCUT2D eigenvalue weighted by atomic mass is 10.1. The smallest absolute Gasteiger partial charge is 0.176 e. The fourth-order valence-corrected chi connectivity index (χ4v) is 2.28. The van der Waals surface area contributed by atoms with Gasteiger partial charge in [-0.25, -0.2) is 8.42 Å². The highest BCUT2D eigenvalue weighted by Gasteiger charge is 2.19. The zero-order chi connectivity index (χ0) is 10.9. The van der Waals surface area contributed by atoms with E-state index in [9.17, 15) is 18.6 Å². The number of aliphatic hydroxyl groups is 1. The van der Waals surface area contributed by atoms with Crippen molar-refractivity contribution in [1.82, 2.24) is 0 Å². The molecule has 1 atom stereocenters. The van der Waals surface area contributed by atoms with Crippen molar-refractivity contribution in [2.45, 2.75) is 17.9 Å². The monoisotopic (exact) mass is 216 g/mol. The quantitative estimate of drug-likeness (QED) is 0.768. The van der Waals surface area contributed by atoms with Crippen LogP contribution < -0.4 is 0 Å². The second kappa shape index (κ2) is 3.59. The van der Waals surface area contributed by atoms with E-state index in [1.54, 1.807) is 0 Å². The third kappa shape index (κ3) is 2.05. The van der Waals surface area contributed by atoms with E-state index in [4.69, 9.17) is 0 Å². The first-order valence-corrected chi connectivity index (χ1v) is 5.93. The first kappa shape index (κ1) is 11.0. The van der Waals surface area contributed by atoms with E-state index in [1.807, 2.05) is 0 Å². The Hall–Kier alpha value is -1.07. The Morgan fingerprint density at radius 1 is 1.36 bits per heavy atom. The lowest BCUT2D eigenvalue weighted by Gasteiger charge is -2.11. The second-order valence-corrected chi connectivity index (χ2v) is 5.12. The molecule has 1 rings (SSSR count). The number of sulfone groups is 1. The van der Waals surface area contributed by atoms with Gasteiger partial charge < -0.3 is 10.2 Å². The second-order valence-electron chi connectivity index (χ2n) is 3.14. The van der Waals surface area contributed by atoms with Crippen LogP contribution in [-0.4, -0.2) is 24.9 Å². The Balaban J connectivity index is 3.52. The summed E-state index contributed by atoms with van der Waals surface area (Å²) in [6, 6.07) is 4.13. The fraction of sp³-hybridized carbons (Fsp3) is 0.333. The van der Waals surface area contributed by atoms with Crippen LogP contribution in [0.4, 0.5) is 0 Å². The average molecular weight is 216 g/mol. The lowest BCUT2D eigenvalue weighted by Crippen LogP contribution is -2.05. The molecule has 4 nitrogen and oxygen atoms in total. The number of phenols is 1. The standard InChI is InChI=1S/C9H12O4S/c1-6(10)9-7(11)4-3-5-8(9)14(2,12)13/h3-6,10-11H,1-2H3. The molecular weight excluding hydrogens is 204 g/mol. The SMILES string of the molecule is CC(O)c1c(O)cccc1S(C)(=O)=O. The molecular formula is C9H12O4S. The fourth-order valence-electron chi connectivity index (χ4n) is 1.28. The van der Waals surface area contributed by atoms with Crippen LogP contribution in [0.5, 0.6) is 5.75 Å². The molecule has 0 aliphatic rings. The maximum absolute atomic E-state index is 11.3. The third-order valence-corrected chi connectivity index (χ3v) is 3.02. The summed E-state index contributed by atoms with van der Waals surface area (Å²) in [4.78, 5) is -0.0347. The molecule has 0 aliphatic heterocycles. The Morgan fingerprint density at radius 3 is 2.29 bits per heavy atom. The highest BCUT2D eigenvalue weighted by molar-refractivity contribution is 7.90. The minimum Gasteiger partial charge on any atom is -0.508 e. The molecule has 0 heterocycles. The molecule has 5 heteroatoms. The van der Waals surface area contributed by atoms with E-state index >= 15 is 0 Å². The molecule has 0 saturated carbocycles. The highest BCUT2D eigenvalue weighted by atomic mass is 32.2. The van der Waals surface area contributed by atoms with E-state index in [0.29, 0.717) is 0 Å². The van der Waals surface area contributed by atoms with Gasteiger partial charge in [-0.2, -0.15) is 0 Å². The summed E-state index contributed by atoms with van der Waals surface area (Å²) >= 11 is 0. The van der Waals surface area contributed by atoms with Crippen molar-refractivity contribution in [3.63, 3.8) is 0 Å². The Morgan fingerprint density at radius 2 is 1.93 bits per heavy atom. The first-order chi connectivity index (χ1) is 6.34. The van der Waals surface area contributed by atoms with E-state index < -0.39 is 15.9 Å². The maximum atomic E-state index is 11.3. The molecule has 14 heavy (non-hydrogen) atoms. The van der Waals surface area contributed by atoms with Gasteiger partial charge >= 0.3 is 0 Å². The number of hydrogen-bond acceptors (Lipinski definition) is 4. The summed E-state index contributed by atoms with van der Waals surface area (Å²) in [7, 11) is -3.42. The van der Waals surface area contributed by atoms with Gasteiger partial charge in [0, 0.05) is 11.8 Å². The maximum Gasteiger partial charge on any atom is 0.176 e. The van der Waals surface area contributed by atoms with Crippen molar-refractivity contribution in [2.24, 2.45) is 0 Å². The van der Waals surface area contributed by atoms with E-state index in [2.05, 4.69) is 0 Å².